The lowest BCUT2D eigenvalue weighted by Crippen LogP contribution is -2.39. The van der Waals surface area contributed by atoms with E-state index in [1.165, 1.54) is 18.6 Å². The molecule has 3 heterocycles. The molecule has 0 aliphatic carbocycles. The first kappa shape index (κ1) is 16.4. The van der Waals surface area contributed by atoms with Crippen LogP contribution in [0.1, 0.15) is 37.4 Å². The highest BCUT2D eigenvalue weighted by atomic mass is 19.1. The molecule has 0 unspecified atom stereocenters. The fourth-order valence-corrected chi connectivity index (χ4v) is 3.76. The number of likely N-dealkylation sites (tertiary alicyclic amines) is 1. The molecule has 6 heteroatoms. The van der Waals surface area contributed by atoms with Gasteiger partial charge in [-0.3, -0.25) is 9.88 Å². The van der Waals surface area contributed by atoms with E-state index in [1.807, 2.05) is 6.20 Å². The van der Waals surface area contributed by atoms with Crippen molar-refractivity contribution in [2.45, 2.75) is 37.8 Å². The summed E-state index contributed by atoms with van der Waals surface area (Å²) < 4.78 is 24.2. The normalized spacial score (nSPS) is 22.2. The van der Waals surface area contributed by atoms with Crippen molar-refractivity contribution in [1.82, 2.24) is 14.9 Å². The second-order valence-corrected chi connectivity index (χ2v) is 6.58. The minimum absolute atomic E-state index is 0.285. The molecule has 5 nitrogen and oxygen atoms in total. The predicted octanol–water partition coefficient (Wildman–Crippen LogP) is 3.72. The van der Waals surface area contributed by atoms with E-state index in [0.29, 0.717) is 17.7 Å². The van der Waals surface area contributed by atoms with Gasteiger partial charge in [0.25, 0.3) is 0 Å². The van der Waals surface area contributed by atoms with Crippen LogP contribution >= 0.6 is 0 Å². The molecule has 2 saturated heterocycles. The molecule has 0 N–H and O–H groups in total. The van der Waals surface area contributed by atoms with E-state index < -0.39 is 0 Å². The van der Waals surface area contributed by atoms with Crippen molar-refractivity contribution in [3.63, 3.8) is 0 Å². The summed E-state index contributed by atoms with van der Waals surface area (Å²) in [5.41, 5.74) is 0.948. The van der Waals surface area contributed by atoms with Gasteiger partial charge >= 0.3 is 0 Å². The lowest BCUT2D eigenvalue weighted by Gasteiger charge is -2.35. The van der Waals surface area contributed by atoms with Crippen LogP contribution in [-0.2, 0) is 4.74 Å². The Bertz CT molecular complexity index is 704. The van der Waals surface area contributed by atoms with E-state index in [2.05, 4.69) is 14.9 Å². The zero-order valence-electron chi connectivity index (χ0n) is 14.1. The number of ether oxygens (including phenoxy) is 2. The van der Waals surface area contributed by atoms with Crippen molar-refractivity contribution in [1.29, 1.82) is 0 Å². The van der Waals surface area contributed by atoms with Gasteiger partial charge < -0.3 is 9.47 Å². The number of hydrogen-bond donors (Lipinski definition) is 0. The van der Waals surface area contributed by atoms with E-state index in [9.17, 15) is 4.39 Å². The smallest absolute Gasteiger partial charge is 0.238 e. The Morgan fingerprint density at radius 2 is 1.88 bits per heavy atom. The van der Waals surface area contributed by atoms with Gasteiger partial charge in [-0.15, -0.1) is 0 Å². The number of aromatic nitrogens is 2. The molecule has 0 saturated carbocycles. The van der Waals surface area contributed by atoms with Gasteiger partial charge in [0.15, 0.2) is 0 Å². The summed E-state index contributed by atoms with van der Waals surface area (Å²) in [6.45, 7) is 2.78. The molecule has 1 aromatic heterocycles. The van der Waals surface area contributed by atoms with Gasteiger partial charge in [-0.25, -0.2) is 9.37 Å². The number of hydrogen-bond acceptors (Lipinski definition) is 5. The highest BCUT2D eigenvalue weighted by Gasteiger charge is 2.33. The van der Waals surface area contributed by atoms with Crippen LogP contribution < -0.4 is 4.74 Å². The summed E-state index contributed by atoms with van der Waals surface area (Å²) in [7, 11) is 0. The molecule has 0 bridgehead atoms. The average Bonchev–Trinajstić information content (AvgIpc) is 3.15. The SMILES string of the molecule is Fc1ccc(Oc2cncc([C@H]3CCCN3C3CCOCC3)n2)cc1. The van der Waals surface area contributed by atoms with E-state index in [0.717, 1.165) is 44.7 Å². The molecule has 2 fully saturated rings. The van der Waals surface area contributed by atoms with Crippen LogP contribution in [0, 0.1) is 5.82 Å². The fraction of sp³-hybridized carbons (Fsp3) is 0.474. The van der Waals surface area contributed by atoms with E-state index in [1.54, 1.807) is 18.3 Å². The monoisotopic (exact) mass is 343 g/mol. The topological polar surface area (TPSA) is 47.5 Å². The van der Waals surface area contributed by atoms with Crippen LogP contribution in [0.15, 0.2) is 36.7 Å². The Hall–Kier alpha value is -2.05. The van der Waals surface area contributed by atoms with Gasteiger partial charge in [0, 0.05) is 19.3 Å². The van der Waals surface area contributed by atoms with Crippen LogP contribution in [0.5, 0.6) is 11.6 Å². The van der Waals surface area contributed by atoms with Gasteiger partial charge in [0.05, 0.1) is 24.1 Å². The molecule has 1 aromatic carbocycles. The summed E-state index contributed by atoms with van der Waals surface area (Å²) in [5, 5.41) is 0. The molecule has 0 radical (unpaired) electrons. The summed E-state index contributed by atoms with van der Waals surface area (Å²) >= 11 is 0. The van der Waals surface area contributed by atoms with Gasteiger partial charge in [-0.05, 0) is 56.5 Å². The maximum atomic E-state index is 13.0. The second kappa shape index (κ2) is 7.45. The molecule has 0 spiro atoms. The van der Waals surface area contributed by atoms with Gasteiger partial charge in [0.1, 0.15) is 11.6 Å². The predicted molar refractivity (Wildman–Crippen MR) is 91.0 cm³/mol. The molecular formula is C19H22FN3O2. The third kappa shape index (κ3) is 3.80. The van der Waals surface area contributed by atoms with Crippen LogP contribution in [0.3, 0.4) is 0 Å². The van der Waals surface area contributed by atoms with E-state index >= 15 is 0 Å². The third-order valence-electron chi connectivity index (χ3n) is 4.96. The summed E-state index contributed by atoms with van der Waals surface area (Å²) in [6.07, 6.45) is 7.85. The standard InChI is InChI=1S/C19H22FN3O2/c20-14-3-5-16(6-4-14)25-19-13-21-12-17(22-19)18-2-1-9-23(18)15-7-10-24-11-8-15/h3-6,12-13,15,18H,1-2,7-11H2/t18-/m1/s1. The number of nitrogens with zero attached hydrogens (tertiary/aromatic N) is 3. The largest absolute Gasteiger partial charge is 0.437 e. The molecule has 4 rings (SSSR count). The molecule has 25 heavy (non-hydrogen) atoms. The molecule has 2 aliphatic heterocycles. The molecule has 1 atom stereocenters. The lowest BCUT2D eigenvalue weighted by molar-refractivity contribution is 0.0284. The molecular weight excluding hydrogens is 321 g/mol. The maximum Gasteiger partial charge on any atom is 0.238 e. The average molecular weight is 343 g/mol. The number of benzene rings is 1. The fourth-order valence-electron chi connectivity index (χ4n) is 3.76. The highest BCUT2D eigenvalue weighted by Crippen LogP contribution is 2.35. The van der Waals surface area contributed by atoms with Crippen molar-refractivity contribution >= 4 is 0 Å². The Balaban J connectivity index is 1.50. The Morgan fingerprint density at radius 3 is 2.68 bits per heavy atom. The van der Waals surface area contributed by atoms with Crippen LogP contribution in [0.2, 0.25) is 0 Å². The first-order chi connectivity index (χ1) is 12.3. The van der Waals surface area contributed by atoms with Crippen LogP contribution in [0.25, 0.3) is 0 Å². The molecule has 2 aromatic rings. The van der Waals surface area contributed by atoms with Crippen molar-refractivity contribution in [2.75, 3.05) is 19.8 Å². The van der Waals surface area contributed by atoms with Crippen molar-refractivity contribution in [3.05, 3.63) is 48.2 Å². The Labute approximate surface area is 146 Å². The van der Waals surface area contributed by atoms with Crippen molar-refractivity contribution in [3.8, 4) is 11.6 Å². The first-order valence-corrected chi connectivity index (χ1v) is 8.88. The van der Waals surface area contributed by atoms with Crippen LogP contribution in [-0.4, -0.2) is 40.7 Å². The summed E-state index contributed by atoms with van der Waals surface area (Å²) in [5.74, 6) is 0.716. The first-order valence-electron chi connectivity index (χ1n) is 8.88. The zero-order chi connectivity index (χ0) is 17.1. The van der Waals surface area contributed by atoms with Crippen molar-refractivity contribution < 1.29 is 13.9 Å². The minimum atomic E-state index is -0.287. The lowest BCUT2D eigenvalue weighted by atomic mass is 10.0. The highest BCUT2D eigenvalue weighted by molar-refractivity contribution is 5.26. The van der Waals surface area contributed by atoms with Gasteiger partial charge in [0.2, 0.25) is 5.88 Å². The van der Waals surface area contributed by atoms with Crippen LogP contribution in [0.4, 0.5) is 4.39 Å². The maximum absolute atomic E-state index is 13.0. The third-order valence-corrected chi connectivity index (χ3v) is 4.96. The number of halogens is 1. The number of rotatable bonds is 4. The van der Waals surface area contributed by atoms with Gasteiger partial charge in [-0.2, -0.15) is 0 Å². The second-order valence-electron chi connectivity index (χ2n) is 6.58. The summed E-state index contributed by atoms with van der Waals surface area (Å²) in [4.78, 5) is 11.5. The van der Waals surface area contributed by atoms with E-state index in [4.69, 9.17) is 9.47 Å². The van der Waals surface area contributed by atoms with Crippen molar-refractivity contribution in [2.24, 2.45) is 0 Å². The van der Waals surface area contributed by atoms with Gasteiger partial charge in [-0.1, -0.05) is 0 Å². The Morgan fingerprint density at radius 1 is 1.08 bits per heavy atom. The molecule has 2 aliphatic rings. The van der Waals surface area contributed by atoms with E-state index in [-0.39, 0.29) is 11.9 Å². The molecule has 0 amide bonds. The quantitative estimate of drug-likeness (QED) is 0.847. The zero-order valence-corrected chi connectivity index (χ0v) is 14.1. The Kier molecular flexibility index (Phi) is 4.90. The minimum Gasteiger partial charge on any atom is -0.437 e. The summed E-state index contributed by atoms with van der Waals surface area (Å²) in [6, 6.07) is 6.77. The molecule has 132 valence electrons.